The molecular formula is C45H68CoN10O8+2. The minimum Gasteiger partial charge on any atom is -0.481 e. The van der Waals surface area contributed by atoms with Crippen molar-refractivity contribution in [3.8, 4) is 0 Å². The van der Waals surface area contributed by atoms with Crippen LogP contribution in [-0.4, -0.2) is 69.7 Å². The number of nitrogens with two attached hydrogens (primary N) is 7. The number of carboxylic acids is 1. The topological polar surface area (TPSA) is 359 Å². The third-order valence-corrected chi connectivity index (χ3v) is 15.0. The number of carbonyl (C=O) groups is 7. The van der Waals surface area contributed by atoms with Crippen molar-refractivity contribution in [2.75, 3.05) is 0 Å². The van der Waals surface area contributed by atoms with Crippen molar-refractivity contribution in [1.29, 1.82) is 0 Å². The fourth-order valence-electron chi connectivity index (χ4n) is 11.3. The molecule has 1 radical (unpaired) electrons. The third kappa shape index (κ3) is 10.5. The standard InChI is InChI=1S/C45H68N10O8.Co/c1-21-37(52)25(10-13-31(47)57)44(7,19-34(50)60)23(3)39-27(17-33(49)59)43(6,16-15-36(62)63)41(55-39)22(2)38-26(11-14-32(48)58)42(4,5)29(54-38)18-28-24(9-12-30(46)56)45(8,20-35(51)61)40(21)53-28;/h18,23-27,39H,9-17,19-20,52H2,1-8H3,(H2,46,56)(H2,47,57)(H2,48,58)(H2,49,59)(H2,50,60)(H2,51,61)(H,62,63);/q;+2/b28-18+,37-21+,38-22-;/t23-,24-,25+,26-,27+,39+,43-,44-,45+;/m1./s1. The number of fused-ring (bicyclic) bond motifs is 3. The van der Waals surface area contributed by atoms with E-state index in [1.165, 1.54) is 0 Å². The average Bonchev–Trinajstić information content (AvgIpc) is 3.68. The monoisotopic (exact) mass is 935 g/mol. The molecule has 6 bridgehead atoms. The first-order chi connectivity index (χ1) is 29.0. The molecule has 0 unspecified atom stereocenters. The van der Waals surface area contributed by atoms with Crippen LogP contribution in [-0.2, 0) is 50.3 Å². The summed E-state index contributed by atoms with van der Waals surface area (Å²) < 4.78 is 0. The van der Waals surface area contributed by atoms with E-state index in [2.05, 4.69) is 0 Å². The fraction of sp³-hybridized carbons (Fsp3) is 0.644. The fourth-order valence-corrected chi connectivity index (χ4v) is 11.3. The van der Waals surface area contributed by atoms with E-state index >= 15 is 0 Å². The Morgan fingerprint density at radius 1 is 0.656 bits per heavy atom. The molecule has 0 saturated carbocycles. The first-order valence-corrected chi connectivity index (χ1v) is 21.6. The number of hydrogen-bond donors (Lipinski definition) is 8. The Morgan fingerprint density at radius 3 is 1.66 bits per heavy atom. The van der Waals surface area contributed by atoms with Gasteiger partial charge in [0.15, 0.2) is 0 Å². The third-order valence-electron chi connectivity index (χ3n) is 15.0. The molecule has 0 aromatic carbocycles. The summed E-state index contributed by atoms with van der Waals surface area (Å²) in [5, 5.41) is 10.1. The van der Waals surface area contributed by atoms with Gasteiger partial charge in [-0.15, -0.1) is 0 Å². The van der Waals surface area contributed by atoms with E-state index < -0.39 is 98.7 Å². The van der Waals surface area contributed by atoms with Crippen molar-refractivity contribution in [3.05, 3.63) is 34.3 Å². The molecule has 18 nitrogen and oxygen atoms in total. The molecule has 0 fully saturated rings. The van der Waals surface area contributed by atoms with E-state index in [4.69, 9.17) is 55.1 Å². The van der Waals surface area contributed by atoms with Crippen LogP contribution in [0.15, 0.2) is 49.3 Å². The summed E-state index contributed by atoms with van der Waals surface area (Å²) in [4.78, 5) is 105. The molecule has 4 aliphatic heterocycles. The number of amides is 6. The Kier molecular flexibility index (Phi) is 16.5. The number of carboxylic acid groups (broad SMARTS) is 1. The molecule has 0 aliphatic carbocycles. The van der Waals surface area contributed by atoms with Gasteiger partial charge >= 0.3 is 22.7 Å². The molecule has 15 N–H and O–H groups in total. The van der Waals surface area contributed by atoms with Crippen LogP contribution in [0.25, 0.3) is 0 Å². The number of allylic oxidation sites excluding steroid dienone is 6. The molecule has 0 aromatic rings. The van der Waals surface area contributed by atoms with Crippen LogP contribution in [0.3, 0.4) is 0 Å². The molecule has 9 atom stereocenters. The van der Waals surface area contributed by atoms with E-state index in [1.54, 1.807) is 6.92 Å². The van der Waals surface area contributed by atoms with Gasteiger partial charge in [0.1, 0.15) is 0 Å². The zero-order valence-corrected chi connectivity index (χ0v) is 39.4. The molecule has 0 aromatic heterocycles. The Balaban J connectivity index is 0.0000109. The van der Waals surface area contributed by atoms with Gasteiger partial charge in [0.25, 0.3) is 0 Å². The van der Waals surface area contributed by atoms with E-state index in [0.29, 0.717) is 39.7 Å². The van der Waals surface area contributed by atoms with Crippen molar-refractivity contribution < 1.29 is 55.4 Å². The maximum atomic E-state index is 13.3. The molecule has 64 heavy (non-hydrogen) atoms. The number of hydrogen-bond acceptors (Lipinski definition) is 11. The SMILES string of the molecule is C/C1=C2N=C(/C=C3N=C(/C(C)=C(/N)[C@H](CCC(N)=O)[C@](C)(CC(N)=O)[C@H](C)[C@@H]4N=C1[C@](C)(CCC(=O)O)[C@H]4CC(N)=O)[C@@](C)(CC(N)=O)[C@@H]/3CCC(N)=O)C(C)(C)[C@@H]/2CCC(N)=O.[Co+2]. The maximum Gasteiger partial charge on any atom is 2.00 e. The van der Waals surface area contributed by atoms with E-state index in [-0.39, 0.29) is 93.1 Å². The zero-order valence-electron chi connectivity index (χ0n) is 38.3. The molecule has 4 rings (SSSR count). The molecule has 353 valence electrons. The summed E-state index contributed by atoms with van der Waals surface area (Å²) in [5.41, 5.74) is 42.1. The van der Waals surface area contributed by atoms with Gasteiger partial charge in [-0.2, -0.15) is 0 Å². The van der Waals surface area contributed by atoms with Crippen molar-refractivity contribution in [1.82, 2.24) is 0 Å². The molecule has 4 heterocycles. The minimum absolute atomic E-state index is 0. The second-order valence-corrected chi connectivity index (χ2v) is 19.6. The van der Waals surface area contributed by atoms with Crippen molar-refractivity contribution >= 4 is 58.5 Å². The average molecular weight is 936 g/mol. The summed E-state index contributed by atoms with van der Waals surface area (Å²) in [7, 11) is 0. The minimum atomic E-state index is -1.23. The Labute approximate surface area is 385 Å². The smallest absolute Gasteiger partial charge is 0.481 e. The van der Waals surface area contributed by atoms with Crippen LogP contribution in [0, 0.1) is 51.2 Å². The second kappa shape index (κ2) is 19.9. The van der Waals surface area contributed by atoms with Crippen molar-refractivity contribution in [2.45, 2.75) is 132 Å². The van der Waals surface area contributed by atoms with E-state index in [1.807, 2.05) is 54.5 Å². The predicted molar refractivity (Wildman–Crippen MR) is 239 cm³/mol. The Hall–Kier alpha value is -5.17. The van der Waals surface area contributed by atoms with Crippen LogP contribution < -0.4 is 40.1 Å². The quantitative estimate of drug-likeness (QED) is 0.1000. The number of aliphatic carboxylic acids is 1. The van der Waals surface area contributed by atoms with Gasteiger partial charge in [0.2, 0.25) is 35.4 Å². The summed E-state index contributed by atoms with van der Waals surface area (Å²) in [6.07, 6.45) is 1.24. The zero-order chi connectivity index (χ0) is 47.7. The van der Waals surface area contributed by atoms with Crippen molar-refractivity contribution in [2.24, 2.45) is 106 Å². The van der Waals surface area contributed by atoms with Crippen LogP contribution in [0.5, 0.6) is 0 Å². The summed E-state index contributed by atoms with van der Waals surface area (Å²) in [5.74, 6) is -8.01. The first kappa shape index (κ1) is 53.2. The van der Waals surface area contributed by atoms with Gasteiger partial charge < -0.3 is 45.2 Å². The largest absolute Gasteiger partial charge is 2.00 e. The second-order valence-electron chi connectivity index (χ2n) is 19.6. The molecule has 0 spiro atoms. The van der Waals surface area contributed by atoms with Crippen LogP contribution in [0.4, 0.5) is 0 Å². The summed E-state index contributed by atoms with van der Waals surface area (Å²) >= 11 is 0. The number of nitrogens with zero attached hydrogens (tertiary/aromatic N) is 3. The molecule has 19 heteroatoms. The van der Waals surface area contributed by atoms with E-state index in [0.717, 1.165) is 0 Å². The normalized spacial score (nSPS) is 34.1. The Bertz CT molecular complexity index is 2160. The first-order valence-electron chi connectivity index (χ1n) is 21.6. The van der Waals surface area contributed by atoms with Crippen LogP contribution >= 0.6 is 0 Å². The Morgan fingerprint density at radius 2 is 1.17 bits per heavy atom. The van der Waals surface area contributed by atoms with Gasteiger partial charge in [-0.1, -0.05) is 41.5 Å². The molecule has 6 amide bonds. The molecule has 0 saturated heterocycles. The summed E-state index contributed by atoms with van der Waals surface area (Å²) in [6, 6.07) is -0.793. The van der Waals surface area contributed by atoms with Gasteiger partial charge in [0, 0.05) is 113 Å². The van der Waals surface area contributed by atoms with E-state index in [9.17, 15) is 38.7 Å². The van der Waals surface area contributed by atoms with Gasteiger partial charge in [0.05, 0.1) is 11.8 Å². The van der Waals surface area contributed by atoms with Crippen molar-refractivity contribution in [3.63, 3.8) is 0 Å². The predicted octanol–water partition coefficient (Wildman–Crippen LogP) is 2.55. The van der Waals surface area contributed by atoms with Crippen LogP contribution in [0.1, 0.15) is 126 Å². The van der Waals surface area contributed by atoms with Crippen LogP contribution in [0.2, 0.25) is 0 Å². The number of aliphatic imine (C=N–C) groups is 3. The molecular weight excluding hydrogens is 867 g/mol. The summed E-state index contributed by atoms with van der Waals surface area (Å²) in [6.45, 7) is 14.9. The van der Waals surface area contributed by atoms with Gasteiger partial charge in [-0.3, -0.25) is 48.5 Å². The number of rotatable bonds is 18. The maximum absolute atomic E-state index is 13.3. The molecule has 4 aliphatic rings. The van der Waals surface area contributed by atoms with Gasteiger partial charge in [-0.05, 0) is 68.1 Å². The van der Waals surface area contributed by atoms with Gasteiger partial charge in [-0.25, -0.2) is 0 Å². The number of carbonyl (C=O) groups excluding carboxylic acids is 6. The number of primary amides is 6.